The van der Waals surface area contributed by atoms with E-state index in [1.807, 2.05) is 36.4 Å². The smallest absolute Gasteiger partial charge is 0.100 e. The molecule has 0 fully saturated rings. The van der Waals surface area contributed by atoms with Gasteiger partial charge in [-0.3, -0.25) is 0 Å². The topological polar surface area (TPSA) is 35.8 Å². The summed E-state index contributed by atoms with van der Waals surface area (Å²) in [6, 6.07) is 16.4. The molecule has 108 valence electrons. The lowest BCUT2D eigenvalue weighted by Crippen LogP contribution is -2.13. The van der Waals surface area contributed by atoms with Gasteiger partial charge in [-0.05, 0) is 58.7 Å². The van der Waals surface area contributed by atoms with E-state index in [-0.39, 0.29) is 0 Å². The molecule has 0 atom stereocenters. The normalized spacial score (nSPS) is 10.3. The van der Waals surface area contributed by atoms with Crippen LogP contribution in [-0.2, 0) is 6.54 Å². The third-order valence-corrected chi connectivity index (χ3v) is 5.08. The monoisotopic (exact) mass is 360 g/mol. The first-order valence-electron chi connectivity index (χ1n) is 6.90. The summed E-state index contributed by atoms with van der Waals surface area (Å²) in [4.78, 5) is 2.11. The Bertz CT molecular complexity index is 649. The maximum Gasteiger partial charge on any atom is 0.100 e. The summed E-state index contributed by atoms with van der Waals surface area (Å²) in [7, 11) is 0. The van der Waals surface area contributed by atoms with Crippen molar-refractivity contribution in [2.75, 3.05) is 6.54 Å². The second kappa shape index (κ2) is 8.23. The van der Waals surface area contributed by atoms with Crippen molar-refractivity contribution in [3.63, 3.8) is 0 Å². The third-order valence-electron chi connectivity index (χ3n) is 2.98. The van der Waals surface area contributed by atoms with E-state index in [9.17, 15) is 5.26 Å². The first-order chi connectivity index (χ1) is 10.2. The molecular weight excluding hydrogens is 344 g/mol. The zero-order valence-electron chi connectivity index (χ0n) is 11.9. The van der Waals surface area contributed by atoms with Crippen LogP contribution in [0, 0.1) is 11.3 Å². The van der Waals surface area contributed by atoms with Crippen molar-refractivity contribution in [3.05, 3.63) is 58.1 Å². The Morgan fingerprint density at radius 1 is 1.19 bits per heavy atom. The molecule has 0 heterocycles. The van der Waals surface area contributed by atoms with Crippen molar-refractivity contribution in [1.29, 1.82) is 5.26 Å². The minimum absolute atomic E-state index is 0.728. The molecule has 0 saturated heterocycles. The van der Waals surface area contributed by atoms with E-state index in [2.05, 4.69) is 40.3 Å². The van der Waals surface area contributed by atoms with Crippen molar-refractivity contribution in [2.45, 2.75) is 29.7 Å². The number of hydrogen-bond acceptors (Lipinski definition) is 3. The lowest BCUT2D eigenvalue weighted by molar-refractivity contribution is 0.675. The van der Waals surface area contributed by atoms with Crippen LogP contribution in [0.3, 0.4) is 0 Å². The number of nitrogens with zero attached hydrogens (tertiary/aromatic N) is 1. The number of nitriles is 1. The van der Waals surface area contributed by atoms with Gasteiger partial charge in [0.05, 0.1) is 5.56 Å². The first kappa shape index (κ1) is 16.1. The van der Waals surface area contributed by atoms with Crippen LogP contribution in [0.2, 0.25) is 0 Å². The summed E-state index contributed by atoms with van der Waals surface area (Å²) in [6.45, 7) is 3.95. The molecule has 0 saturated carbocycles. The lowest BCUT2D eigenvalue weighted by atomic mass is 10.1. The Hall–Kier alpha value is -1.28. The average Bonchev–Trinajstić information content (AvgIpc) is 2.51. The van der Waals surface area contributed by atoms with Crippen LogP contribution in [-0.4, -0.2) is 6.54 Å². The summed E-state index contributed by atoms with van der Waals surface area (Å²) < 4.78 is 1.05. The predicted octanol–water partition coefficient (Wildman–Crippen LogP) is 4.97. The van der Waals surface area contributed by atoms with Gasteiger partial charge in [0.25, 0.3) is 0 Å². The number of halogens is 1. The molecule has 4 heteroatoms. The average molecular weight is 361 g/mol. The third kappa shape index (κ3) is 4.60. The van der Waals surface area contributed by atoms with E-state index in [1.54, 1.807) is 11.8 Å². The van der Waals surface area contributed by atoms with Crippen molar-refractivity contribution in [3.8, 4) is 6.07 Å². The largest absolute Gasteiger partial charge is 0.313 e. The van der Waals surface area contributed by atoms with Gasteiger partial charge >= 0.3 is 0 Å². The van der Waals surface area contributed by atoms with Crippen LogP contribution in [0.15, 0.2) is 56.7 Å². The molecule has 0 aromatic heterocycles. The van der Waals surface area contributed by atoms with Crippen molar-refractivity contribution < 1.29 is 0 Å². The van der Waals surface area contributed by atoms with E-state index in [0.717, 1.165) is 44.9 Å². The Balaban J connectivity index is 2.17. The van der Waals surface area contributed by atoms with Crippen LogP contribution in [0.25, 0.3) is 0 Å². The van der Waals surface area contributed by atoms with Crippen LogP contribution in [0.5, 0.6) is 0 Å². The fourth-order valence-electron chi connectivity index (χ4n) is 1.92. The minimum atomic E-state index is 0.728. The molecule has 0 radical (unpaired) electrons. The van der Waals surface area contributed by atoms with Gasteiger partial charge in [-0.15, -0.1) is 0 Å². The molecule has 0 amide bonds. The Kier molecular flexibility index (Phi) is 6.31. The zero-order chi connectivity index (χ0) is 15.1. The van der Waals surface area contributed by atoms with E-state index >= 15 is 0 Å². The predicted molar refractivity (Wildman–Crippen MR) is 91.4 cm³/mol. The Morgan fingerprint density at radius 3 is 2.71 bits per heavy atom. The number of nitrogens with one attached hydrogen (secondary N) is 1. The summed E-state index contributed by atoms with van der Waals surface area (Å²) in [5.74, 6) is 0. The molecule has 1 N–H and O–H groups in total. The Labute approximate surface area is 138 Å². The van der Waals surface area contributed by atoms with Gasteiger partial charge in [-0.25, -0.2) is 0 Å². The quantitative estimate of drug-likeness (QED) is 0.738. The molecule has 0 aliphatic heterocycles. The van der Waals surface area contributed by atoms with Gasteiger partial charge < -0.3 is 5.32 Å². The highest BCUT2D eigenvalue weighted by molar-refractivity contribution is 9.10. The molecule has 2 nitrogen and oxygen atoms in total. The first-order valence-corrected chi connectivity index (χ1v) is 8.51. The molecule has 0 spiro atoms. The molecule has 2 aromatic rings. The molecule has 2 aromatic carbocycles. The zero-order valence-corrected chi connectivity index (χ0v) is 14.3. The number of benzene rings is 2. The fraction of sp³-hybridized carbons (Fsp3) is 0.235. The van der Waals surface area contributed by atoms with E-state index in [4.69, 9.17) is 0 Å². The molecule has 21 heavy (non-hydrogen) atoms. The molecule has 0 aliphatic rings. The van der Waals surface area contributed by atoms with Gasteiger partial charge in [0.2, 0.25) is 0 Å². The van der Waals surface area contributed by atoms with Crippen LogP contribution in [0.4, 0.5) is 0 Å². The maximum absolute atomic E-state index is 9.37. The fourth-order valence-corrected chi connectivity index (χ4v) is 3.35. The van der Waals surface area contributed by atoms with E-state index in [0.29, 0.717) is 0 Å². The summed E-state index contributed by atoms with van der Waals surface area (Å²) in [6.07, 6.45) is 1.11. The van der Waals surface area contributed by atoms with Crippen LogP contribution < -0.4 is 5.32 Å². The highest BCUT2D eigenvalue weighted by atomic mass is 79.9. The molecule has 0 aliphatic carbocycles. The van der Waals surface area contributed by atoms with Crippen molar-refractivity contribution in [2.24, 2.45) is 0 Å². The summed E-state index contributed by atoms with van der Waals surface area (Å²) in [5, 5.41) is 12.7. The molecular formula is C17H17BrN2S. The second-order valence-corrected chi connectivity index (χ2v) is 6.59. The highest BCUT2D eigenvalue weighted by Crippen LogP contribution is 2.35. The second-order valence-electron chi connectivity index (χ2n) is 4.65. The van der Waals surface area contributed by atoms with Crippen LogP contribution in [0.1, 0.15) is 24.5 Å². The van der Waals surface area contributed by atoms with Crippen molar-refractivity contribution >= 4 is 27.7 Å². The van der Waals surface area contributed by atoms with Crippen molar-refractivity contribution in [1.82, 2.24) is 5.32 Å². The van der Waals surface area contributed by atoms with Gasteiger partial charge in [0.15, 0.2) is 0 Å². The highest BCUT2D eigenvalue weighted by Gasteiger charge is 2.07. The molecule has 2 rings (SSSR count). The Morgan fingerprint density at radius 2 is 2.00 bits per heavy atom. The van der Waals surface area contributed by atoms with Crippen LogP contribution >= 0.6 is 27.7 Å². The standard InChI is InChI=1S/C17H17BrN2S/c1-2-9-20-12-13-7-8-16(14(10-13)11-19)21-17-6-4-3-5-15(17)18/h3-8,10,20H,2,9,12H2,1H3. The van der Waals surface area contributed by atoms with Gasteiger partial charge in [-0.2, -0.15) is 5.26 Å². The van der Waals surface area contributed by atoms with E-state index in [1.165, 1.54) is 0 Å². The lowest BCUT2D eigenvalue weighted by Gasteiger charge is -2.09. The SMILES string of the molecule is CCCNCc1ccc(Sc2ccccc2Br)c(C#N)c1. The molecule has 0 bridgehead atoms. The summed E-state index contributed by atoms with van der Waals surface area (Å²) in [5.41, 5.74) is 1.88. The maximum atomic E-state index is 9.37. The van der Waals surface area contributed by atoms with Gasteiger partial charge in [0.1, 0.15) is 6.07 Å². The number of rotatable bonds is 6. The van der Waals surface area contributed by atoms with Gasteiger partial charge in [-0.1, -0.05) is 36.9 Å². The number of hydrogen-bond donors (Lipinski definition) is 1. The van der Waals surface area contributed by atoms with E-state index < -0.39 is 0 Å². The summed E-state index contributed by atoms with van der Waals surface area (Å²) >= 11 is 5.16. The molecule has 0 unspecified atom stereocenters. The minimum Gasteiger partial charge on any atom is -0.313 e. The van der Waals surface area contributed by atoms with Gasteiger partial charge in [0, 0.05) is 20.8 Å².